The predicted octanol–water partition coefficient (Wildman–Crippen LogP) is -0.680. The number of esters is 5. The Kier molecular flexibility index (Phi) is 9.23. The van der Waals surface area contributed by atoms with Crippen molar-refractivity contribution in [2.24, 2.45) is 5.92 Å². The van der Waals surface area contributed by atoms with Crippen LogP contribution in [0, 0.1) is 5.92 Å². The van der Waals surface area contributed by atoms with Crippen LogP contribution in [0.4, 0.5) is 0 Å². The molecule has 0 N–H and O–H groups in total. The molecule has 10 nitrogen and oxygen atoms in total. The van der Waals surface area contributed by atoms with E-state index in [1.807, 2.05) is 0 Å². The highest BCUT2D eigenvalue weighted by Gasteiger charge is 2.38. The number of ether oxygens (including phenoxy) is 5. The first-order valence-corrected chi connectivity index (χ1v) is 6.60. The lowest BCUT2D eigenvalue weighted by Crippen LogP contribution is -2.30. The monoisotopic (exact) mass is 358 g/mol. The van der Waals surface area contributed by atoms with Crippen molar-refractivity contribution < 1.29 is 47.7 Å². The van der Waals surface area contributed by atoms with E-state index >= 15 is 0 Å². The van der Waals surface area contributed by atoms with Crippen LogP contribution in [-0.4, -0.2) is 65.4 Å². The third-order valence-electron chi connectivity index (χ3n) is 2.85. The van der Waals surface area contributed by atoms with Gasteiger partial charge < -0.3 is 23.7 Å². The number of carbonyl (C=O) groups excluding carboxylic acids is 5. The fourth-order valence-electron chi connectivity index (χ4n) is 1.67. The second-order valence-corrected chi connectivity index (χ2v) is 4.19. The lowest BCUT2D eigenvalue weighted by Gasteiger charge is -2.18. The van der Waals surface area contributed by atoms with Crippen LogP contribution in [-0.2, 0) is 47.7 Å². The minimum Gasteiger partial charge on any atom is -0.468 e. The van der Waals surface area contributed by atoms with Crippen LogP contribution in [0.1, 0.15) is 0 Å². The third kappa shape index (κ3) is 6.09. The van der Waals surface area contributed by atoms with E-state index < -0.39 is 46.9 Å². The van der Waals surface area contributed by atoms with E-state index in [1.54, 1.807) is 0 Å². The summed E-state index contributed by atoms with van der Waals surface area (Å²) >= 11 is 0. The number of carbonyl (C=O) groups is 5. The van der Waals surface area contributed by atoms with Gasteiger partial charge in [-0.2, -0.15) is 0 Å². The Labute approximate surface area is 143 Å². The molecule has 0 rings (SSSR count). The first-order chi connectivity index (χ1) is 11.8. The predicted molar refractivity (Wildman–Crippen MR) is 79.7 cm³/mol. The Balaban J connectivity index is 6.54. The zero-order valence-corrected chi connectivity index (χ0v) is 14.3. The molecule has 25 heavy (non-hydrogen) atoms. The van der Waals surface area contributed by atoms with Crippen molar-refractivity contribution in [3.8, 4) is 0 Å². The van der Waals surface area contributed by atoms with Crippen LogP contribution in [0.5, 0.6) is 0 Å². The molecule has 0 atom stereocenters. The van der Waals surface area contributed by atoms with Crippen molar-refractivity contribution in [3.63, 3.8) is 0 Å². The first-order valence-electron chi connectivity index (χ1n) is 6.60. The Morgan fingerprint density at radius 2 is 0.960 bits per heavy atom. The number of rotatable bonds is 7. The zero-order chi connectivity index (χ0) is 19.6. The summed E-state index contributed by atoms with van der Waals surface area (Å²) in [7, 11) is 5.03. The molecular formula is C15H18O10. The van der Waals surface area contributed by atoms with Gasteiger partial charge in [0.15, 0.2) is 0 Å². The molecule has 0 bridgehead atoms. The molecule has 0 aliphatic carbocycles. The van der Waals surface area contributed by atoms with Gasteiger partial charge in [-0.3, -0.25) is 4.79 Å². The van der Waals surface area contributed by atoms with Crippen LogP contribution >= 0.6 is 0 Å². The lowest BCUT2D eigenvalue weighted by atomic mass is 9.89. The number of hydrogen-bond donors (Lipinski definition) is 0. The van der Waals surface area contributed by atoms with E-state index in [9.17, 15) is 24.0 Å². The highest BCUT2D eigenvalue weighted by atomic mass is 16.5. The van der Waals surface area contributed by atoms with Crippen molar-refractivity contribution in [2.45, 2.75) is 0 Å². The Hall–Kier alpha value is -3.17. The van der Waals surface area contributed by atoms with E-state index in [4.69, 9.17) is 0 Å². The van der Waals surface area contributed by atoms with Gasteiger partial charge in [0.2, 0.25) is 0 Å². The molecule has 0 aromatic heterocycles. The second-order valence-electron chi connectivity index (χ2n) is 4.19. The van der Waals surface area contributed by atoms with Gasteiger partial charge >= 0.3 is 29.8 Å². The normalized spacial score (nSPS) is 12.5. The Bertz CT molecular complexity index is 568. The molecule has 0 amide bonds. The van der Waals surface area contributed by atoms with Crippen molar-refractivity contribution in [3.05, 3.63) is 23.3 Å². The molecule has 0 aliphatic rings. The summed E-state index contributed by atoms with van der Waals surface area (Å²) < 4.78 is 22.4. The summed E-state index contributed by atoms with van der Waals surface area (Å²) in [5.74, 6) is -7.17. The van der Waals surface area contributed by atoms with Crippen molar-refractivity contribution in [1.82, 2.24) is 0 Å². The largest absolute Gasteiger partial charge is 0.468 e. The molecule has 0 radical (unpaired) electrons. The number of hydrogen-bond acceptors (Lipinski definition) is 10. The minimum atomic E-state index is -1.79. The maximum atomic E-state index is 12.2. The van der Waals surface area contributed by atoms with Gasteiger partial charge in [-0.1, -0.05) is 0 Å². The highest BCUT2D eigenvalue weighted by molar-refractivity contribution is 6.08. The van der Waals surface area contributed by atoms with Gasteiger partial charge in [-0.25, -0.2) is 19.2 Å². The van der Waals surface area contributed by atoms with Crippen molar-refractivity contribution in [2.75, 3.05) is 35.5 Å². The quantitative estimate of drug-likeness (QED) is 0.327. The van der Waals surface area contributed by atoms with Crippen molar-refractivity contribution >= 4 is 29.8 Å². The summed E-state index contributed by atoms with van der Waals surface area (Å²) in [6.07, 6.45) is 1.28. The third-order valence-corrected chi connectivity index (χ3v) is 2.85. The molecule has 0 heterocycles. The van der Waals surface area contributed by atoms with E-state index in [0.29, 0.717) is 12.2 Å². The van der Waals surface area contributed by atoms with Crippen LogP contribution in [0.15, 0.2) is 23.3 Å². The fourth-order valence-corrected chi connectivity index (χ4v) is 1.67. The molecule has 0 aromatic rings. The molecule has 0 fully saturated rings. The van der Waals surface area contributed by atoms with Gasteiger partial charge in [0.05, 0.1) is 46.7 Å². The smallest absolute Gasteiger partial charge is 0.335 e. The van der Waals surface area contributed by atoms with Gasteiger partial charge in [-0.15, -0.1) is 0 Å². The molecule has 0 unspecified atom stereocenters. The average molecular weight is 358 g/mol. The van der Waals surface area contributed by atoms with Gasteiger partial charge in [0, 0.05) is 12.2 Å². The maximum Gasteiger partial charge on any atom is 0.335 e. The molecule has 0 aliphatic heterocycles. The molecule has 10 heteroatoms. The standard InChI is InChI=1S/C15H18O10/c1-21-10(16)6-8(13(18)23-3)12(15(20)25-5)9(14(19)24-4)7-11(17)22-2/h6-7,12H,1-5H3/b8-6-,9-7-. The highest BCUT2D eigenvalue weighted by Crippen LogP contribution is 2.25. The number of methoxy groups -OCH3 is 5. The topological polar surface area (TPSA) is 132 Å². The fraction of sp³-hybridized carbons (Fsp3) is 0.400. The van der Waals surface area contributed by atoms with E-state index in [1.165, 1.54) is 0 Å². The van der Waals surface area contributed by atoms with Crippen LogP contribution < -0.4 is 0 Å². The van der Waals surface area contributed by atoms with E-state index in [-0.39, 0.29) is 0 Å². The molecule has 138 valence electrons. The van der Waals surface area contributed by atoms with Crippen molar-refractivity contribution in [1.29, 1.82) is 0 Å². The summed E-state index contributed by atoms with van der Waals surface area (Å²) in [5.41, 5.74) is -1.19. The second kappa shape index (κ2) is 10.6. The van der Waals surface area contributed by atoms with Gasteiger partial charge in [0.1, 0.15) is 5.92 Å². The summed E-state index contributed by atoms with van der Waals surface area (Å²) in [6, 6.07) is 0. The molecule has 0 saturated heterocycles. The van der Waals surface area contributed by atoms with E-state index in [0.717, 1.165) is 35.5 Å². The maximum absolute atomic E-state index is 12.2. The average Bonchev–Trinajstić information content (AvgIpc) is 2.64. The summed E-state index contributed by atoms with van der Waals surface area (Å²) in [4.78, 5) is 59.2. The van der Waals surface area contributed by atoms with Crippen LogP contribution in [0.3, 0.4) is 0 Å². The molecule has 0 spiro atoms. The zero-order valence-electron chi connectivity index (χ0n) is 14.3. The molecule has 0 saturated carbocycles. The SMILES string of the molecule is COC(=O)/C=C(\C(=O)OC)C(C(=O)OC)/C(=C/C(=O)OC)C(=O)OC. The lowest BCUT2D eigenvalue weighted by molar-refractivity contribution is -0.149. The minimum absolute atomic E-state index is 0.596. The summed E-state index contributed by atoms with van der Waals surface area (Å²) in [5, 5.41) is 0. The molecule has 0 aromatic carbocycles. The first kappa shape index (κ1) is 21.8. The summed E-state index contributed by atoms with van der Waals surface area (Å²) in [6.45, 7) is 0. The Morgan fingerprint density at radius 1 is 0.600 bits per heavy atom. The van der Waals surface area contributed by atoms with E-state index in [2.05, 4.69) is 23.7 Å². The van der Waals surface area contributed by atoms with Crippen LogP contribution in [0.25, 0.3) is 0 Å². The Morgan fingerprint density at radius 3 is 1.20 bits per heavy atom. The van der Waals surface area contributed by atoms with Gasteiger partial charge in [0.25, 0.3) is 0 Å². The molecular weight excluding hydrogens is 340 g/mol. The van der Waals surface area contributed by atoms with Crippen LogP contribution in [0.2, 0.25) is 0 Å². The van der Waals surface area contributed by atoms with Gasteiger partial charge in [-0.05, 0) is 0 Å².